The number of nitrogens with zero attached hydrogens (tertiary/aromatic N) is 2. The molecule has 0 aliphatic heterocycles. The second kappa shape index (κ2) is 6.57. The first-order chi connectivity index (χ1) is 12.3. The molecule has 1 aromatic carbocycles. The molecular formula is C18H18N4O4. The fraction of sp³-hybridized carbons (Fsp3) is 0.222. The lowest BCUT2D eigenvalue weighted by molar-refractivity contribution is 0.0602. The van der Waals surface area contributed by atoms with Crippen molar-refractivity contribution in [2.45, 2.75) is 19.4 Å². The van der Waals surface area contributed by atoms with Gasteiger partial charge in [-0.1, -0.05) is 6.07 Å². The van der Waals surface area contributed by atoms with Gasteiger partial charge in [0.1, 0.15) is 11.3 Å². The number of hydrogen-bond donors (Lipinski definition) is 3. The standard InChI is InChI=1S/C18H18N4O4/c1-18(2,25)15-6-4-5-12(20-15)16(23)21-14-7-10-9-19-22-13(10)8-11(14)17(24)26-3/h4-9,25H,1-3H3,(H,19,22)(H,21,23). The summed E-state index contributed by atoms with van der Waals surface area (Å²) in [6.45, 7) is 3.17. The van der Waals surface area contributed by atoms with Gasteiger partial charge in [0.05, 0.1) is 35.8 Å². The SMILES string of the molecule is COC(=O)c1cc2[nH]ncc2cc1NC(=O)c1cccc(C(C)(C)O)n1. The number of methoxy groups -OCH3 is 1. The molecule has 0 saturated carbocycles. The van der Waals surface area contributed by atoms with E-state index in [2.05, 4.69) is 20.5 Å². The zero-order chi connectivity index (χ0) is 18.9. The van der Waals surface area contributed by atoms with Crippen molar-refractivity contribution in [1.82, 2.24) is 15.2 Å². The van der Waals surface area contributed by atoms with E-state index in [1.807, 2.05) is 0 Å². The summed E-state index contributed by atoms with van der Waals surface area (Å²) in [4.78, 5) is 28.8. The van der Waals surface area contributed by atoms with Crippen LogP contribution in [0.4, 0.5) is 5.69 Å². The number of carbonyl (C=O) groups excluding carboxylic acids is 2. The Morgan fingerprint density at radius 3 is 2.73 bits per heavy atom. The maximum Gasteiger partial charge on any atom is 0.340 e. The molecule has 8 heteroatoms. The average molecular weight is 354 g/mol. The van der Waals surface area contributed by atoms with Crippen molar-refractivity contribution in [3.8, 4) is 0 Å². The van der Waals surface area contributed by atoms with Crippen molar-refractivity contribution in [2.24, 2.45) is 0 Å². The number of hydrogen-bond acceptors (Lipinski definition) is 6. The van der Waals surface area contributed by atoms with Crippen LogP contribution in [0, 0.1) is 0 Å². The maximum absolute atomic E-state index is 12.6. The molecule has 26 heavy (non-hydrogen) atoms. The summed E-state index contributed by atoms with van der Waals surface area (Å²) >= 11 is 0. The van der Waals surface area contributed by atoms with E-state index < -0.39 is 17.5 Å². The third-order valence-electron chi connectivity index (χ3n) is 3.84. The van der Waals surface area contributed by atoms with Gasteiger partial charge in [0.15, 0.2) is 0 Å². The van der Waals surface area contributed by atoms with Gasteiger partial charge in [-0.25, -0.2) is 9.78 Å². The highest BCUT2D eigenvalue weighted by molar-refractivity contribution is 6.09. The Hall–Kier alpha value is -3.26. The van der Waals surface area contributed by atoms with Gasteiger partial charge in [-0.15, -0.1) is 0 Å². The van der Waals surface area contributed by atoms with Gasteiger partial charge in [-0.3, -0.25) is 9.89 Å². The number of aromatic amines is 1. The Balaban J connectivity index is 1.98. The molecule has 0 spiro atoms. The summed E-state index contributed by atoms with van der Waals surface area (Å²) in [5.74, 6) is -1.10. The predicted molar refractivity (Wildman–Crippen MR) is 94.9 cm³/mol. The summed E-state index contributed by atoms with van der Waals surface area (Å²) in [7, 11) is 1.26. The van der Waals surface area contributed by atoms with Crippen LogP contribution in [-0.2, 0) is 10.3 Å². The minimum Gasteiger partial charge on any atom is -0.465 e. The highest BCUT2D eigenvalue weighted by atomic mass is 16.5. The van der Waals surface area contributed by atoms with Crippen LogP contribution in [0.15, 0.2) is 36.5 Å². The number of carbonyl (C=O) groups is 2. The van der Waals surface area contributed by atoms with Gasteiger partial charge in [-0.2, -0.15) is 5.10 Å². The lowest BCUT2D eigenvalue weighted by atomic mass is 10.0. The largest absolute Gasteiger partial charge is 0.465 e. The fourth-order valence-electron chi connectivity index (χ4n) is 2.46. The number of ether oxygens (including phenoxy) is 1. The molecule has 0 fully saturated rings. The number of esters is 1. The number of fused-ring (bicyclic) bond motifs is 1. The van der Waals surface area contributed by atoms with Crippen molar-refractivity contribution in [1.29, 1.82) is 0 Å². The van der Waals surface area contributed by atoms with Crippen molar-refractivity contribution >= 4 is 28.5 Å². The summed E-state index contributed by atoms with van der Waals surface area (Å²) < 4.78 is 4.78. The number of anilines is 1. The van der Waals surface area contributed by atoms with Crippen LogP contribution in [0.25, 0.3) is 10.9 Å². The Morgan fingerprint density at radius 1 is 1.27 bits per heavy atom. The van der Waals surface area contributed by atoms with Crippen LogP contribution >= 0.6 is 0 Å². The molecule has 3 rings (SSSR count). The molecule has 0 bridgehead atoms. The van der Waals surface area contributed by atoms with Gasteiger partial charge in [0, 0.05) is 5.39 Å². The zero-order valence-electron chi connectivity index (χ0n) is 14.5. The van der Waals surface area contributed by atoms with Crippen LogP contribution in [-0.4, -0.2) is 39.3 Å². The number of rotatable bonds is 4. The summed E-state index contributed by atoms with van der Waals surface area (Å²) in [5.41, 5.74) is 0.424. The normalized spacial score (nSPS) is 11.4. The number of pyridine rings is 1. The number of amides is 1. The minimum absolute atomic E-state index is 0.118. The molecule has 2 heterocycles. The van der Waals surface area contributed by atoms with Crippen molar-refractivity contribution < 1.29 is 19.4 Å². The molecule has 0 unspecified atom stereocenters. The van der Waals surface area contributed by atoms with E-state index in [1.165, 1.54) is 13.2 Å². The molecule has 3 aromatic rings. The number of aliphatic hydroxyl groups is 1. The van der Waals surface area contributed by atoms with E-state index in [9.17, 15) is 14.7 Å². The van der Waals surface area contributed by atoms with E-state index in [0.29, 0.717) is 11.2 Å². The molecule has 134 valence electrons. The second-order valence-corrected chi connectivity index (χ2v) is 6.27. The Labute approximate surface area is 149 Å². The van der Waals surface area contributed by atoms with Crippen molar-refractivity contribution in [3.63, 3.8) is 0 Å². The monoisotopic (exact) mass is 354 g/mol. The Morgan fingerprint density at radius 2 is 2.04 bits per heavy atom. The van der Waals surface area contributed by atoms with Gasteiger partial charge in [0.2, 0.25) is 0 Å². The molecule has 1 amide bonds. The topological polar surface area (TPSA) is 117 Å². The number of benzene rings is 1. The highest BCUT2D eigenvalue weighted by Crippen LogP contribution is 2.24. The van der Waals surface area contributed by atoms with Crippen molar-refractivity contribution in [3.05, 3.63) is 53.5 Å². The molecule has 2 aromatic heterocycles. The third kappa shape index (κ3) is 3.40. The average Bonchev–Trinajstić information content (AvgIpc) is 3.07. The first-order valence-corrected chi connectivity index (χ1v) is 7.86. The summed E-state index contributed by atoms with van der Waals surface area (Å²) in [6, 6.07) is 7.98. The quantitative estimate of drug-likeness (QED) is 0.619. The molecule has 3 N–H and O–H groups in total. The number of aromatic nitrogens is 3. The number of nitrogens with one attached hydrogen (secondary N) is 2. The summed E-state index contributed by atoms with van der Waals surface area (Å²) in [5, 5.41) is 20.1. The molecule has 0 radical (unpaired) electrons. The molecule has 0 saturated heterocycles. The smallest absolute Gasteiger partial charge is 0.340 e. The molecule has 0 aliphatic rings. The Bertz CT molecular complexity index is 988. The van der Waals surface area contributed by atoms with Crippen LogP contribution in [0.2, 0.25) is 0 Å². The van der Waals surface area contributed by atoms with Gasteiger partial charge >= 0.3 is 5.97 Å². The van der Waals surface area contributed by atoms with E-state index in [0.717, 1.165) is 5.39 Å². The van der Waals surface area contributed by atoms with Crippen LogP contribution in [0.5, 0.6) is 0 Å². The van der Waals surface area contributed by atoms with E-state index in [-0.39, 0.29) is 16.9 Å². The van der Waals surface area contributed by atoms with Crippen LogP contribution in [0.1, 0.15) is 40.4 Å². The molecule has 8 nitrogen and oxygen atoms in total. The number of H-pyrrole nitrogens is 1. The second-order valence-electron chi connectivity index (χ2n) is 6.27. The van der Waals surface area contributed by atoms with Crippen molar-refractivity contribution in [2.75, 3.05) is 12.4 Å². The zero-order valence-corrected chi connectivity index (χ0v) is 14.5. The van der Waals surface area contributed by atoms with Crippen LogP contribution in [0.3, 0.4) is 0 Å². The fourth-order valence-corrected chi connectivity index (χ4v) is 2.46. The highest BCUT2D eigenvalue weighted by Gasteiger charge is 2.21. The maximum atomic E-state index is 12.6. The first kappa shape index (κ1) is 17.6. The summed E-state index contributed by atoms with van der Waals surface area (Å²) in [6.07, 6.45) is 1.58. The lowest BCUT2D eigenvalue weighted by Gasteiger charge is -2.17. The molecule has 0 atom stereocenters. The van der Waals surface area contributed by atoms with Gasteiger partial charge < -0.3 is 15.2 Å². The van der Waals surface area contributed by atoms with E-state index in [4.69, 9.17) is 4.74 Å². The van der Waals surface area contributed by atoms with E-state index >= 15 is 0 Å². The first-order valence-electron chi connectivity index (χ1n) is 7.86. The predicted octanol–water partition coefficient (Wildman–Crippen LogP) is 2.22. The molecular weight excluding hydrogens is 336 g/mol. The van der Waals surface area contributed by atoms with Gasteiger partial charge in [-0.05, 0) is 38.1 Å². The Kier molecular flexibility index (Phi) is 4.43. The van der Waals surface area contributed by atoms with Crippen LogP contribution < -0.4 is 5.32 Å². The lowest BCUT2D eigenvalue weighted by Crippen LogP contribution is -2.21. The van der Waals surface area contributed by atoms with Gasteiger partial charge in [0.25, 0.3) is 5.91 Å². The third-order valence-corrected chi connectivity index (χ3v) is 3.84. The minimum atomic E-state index is -1.18. The molecule has 0 aliphatic carbocycles. The van der Waals surface area contributed by atoms with E-state index in [1.54, 1.807) is 44.3 Å².